The highest BCUT2D eigenvalue weighted by atomic mass is 79.9. The van der Waals surface area contributed by atoms with Crippen molar-refractivity contribution in [1.29, 1.82) is 0 Å². The molecule has 1 heterocycles. The van der Waals surface area contributed by atoms with Crippen molar-refractivity contribution in [2.75, 3.05) is 4.90 Å². The van der Waals surface area contributed by atoms with E-state index in [-0.39, 0.29) is 11.7 Å². The summed E-state index contributed by atoms with van der Waals surface area (Å²) in [6, 6.07) is 17.3. The Morgan fingerprint density at radius 2 is 1.62 bits per heavy atom. The fourth-order valence-corrected chi connectivity index (χ4v) is 5.98. The number of rotatable bonds is 5. The molecule has 3 aromatic carbocycles. The molecule has 0 unspecified atom stereocenters. The van der Waals surface area contributed by atoms with Gasteiger partial charge in [-0.05, 0) is 97.6 Å². The molecule has 1 saturated heterocycles. The van der Waals surface area contributed by atoms with Crippen molar-refractivity contribution < 1.29 is 13.9 Å². The van der Waals surface area contributed by atoms with Crippen molar-refractivity contribution in [1.82, 2.24) is 0 Å². The van der Waals surface area contributed by atoms with Gasteiger partial charge < -0.3 is 4.74 Å². The Morgan fingerprint density at radius 1 is 1.00 bits per heavy atom. The average Bonchev–Trinajstić information content (AvgIpc) is 3.02. The minimum absolute atomic E-state index is 0.161. The van der Waals surface area contributed by atoms with Gasteiger partial charge in [0.2, 0.25) is 0 Å². The summed E-state index contributed by atoms with van der Waals surface area (Å²) in [5.41, 5.74) is 2.39. The van der Waals surface area contributed by atoms with Gasteiger partial charge in [-0.15, -0.1) is 0 Å². The maximum atomic E-state index is 13.1. The summed E-state index contributed by atoms with van der Waals surface area (Å²) in [4.78, 5) is 15.1. The maximum absolute atomic E-state index is 13.1. The number of thiocarbonyl (C=S) groups is 1. The molecule has 32 heavy (non-hydrogen) atoms. The molecule has 162 valence electrons. The third-order valence-electron chi connectivity index (χ3n) is 4.49. The number of hydrogen-bond acceptors (Lipinski definition) is 4. The van der Waals surface area contributed by atoms with Crippen LogP contribution in [0.1, 0.15) is 11.1 Å². The van der Waals surface area contributed by atoms with Gasteiger partial charge in [-0.1, -0.05) is 52.0 Å². The van der Waals surface area contributed by atoms with Crippen LogP contribution in [0.25, 0.3) is 6.08 Å². The zero-order valence-electron chi connectivity index (χ0n) is 16.2. The molecule has 0 saturated carbocycles. The average molecular weight is 658 g/mol. The van der Waals surface area contributed by atoms with Crippen LogP contribution in [-0.4, -0.2) is 10.2 Å². The molecule has 9 heteroatoms. The molecule has 1 aliphatic heterocycles. The van der Waals surface area contributed by atoms with Crippen LogP contribution in [0.2, 0.25) is 0 Å². The van der Waals surface area contributed by atoms with Gasteiger partial charge in [0, 0.05) is 4.47 Å². The summed E-state index contributed by atoms with van der Waals surface area (Å²) < 4.78 is 21.8. The number of ether oxygens (including phenoxy) is 1. The lowest BCUT2D eigenvalue weighted by Crippen LogP contribution is -2.27. The molecule has 3 aromatic rings. The van der Waals surface area contributed by atoms with E-state index in [2.05, 4.69) is 47.8 Å². The Hall–Kier alpha value is -1.52. The topological polar surface area (TPSA) is 29.5 Å². The van der Waals surface area contributed by atoms with Gasteiger partial charge in [0.15, 0.2) is 4.32 Å². The van der Waals surface area contributed by atoms with Gasteiger partial charge in [0.1, 0.15) is 18.2 Å². The van der Waals surface area contributed by atoms with E-state index >= 15 is 0 Å². The van der Waals surface area contributed by atoms with Crippen molar-refractivity contribution >= 4 is 93.8 Å². The minimum Gasteiger partial charge on any atom is -0.487 e. The standard InChI is InChI=1S/C23H13Br3FNO2S2/c24-15-3-7-17(8-4-15)28-22(29)20(32-23(28)31)11-14-9-18(25)21(19(26)10-14)30-12-13-1-5-16(27)6-2-13/h1-11H,12H2/b20-11+. The Kier molecular flexibility index (Phi) is 7.51. The first kappa shape index (κ1) is 23.6. The van der Waals surface area contributed by atoms with Crippen molar-refractivity contribution in [2.24, 2.45) is 0 Å². The minimum atomic E-state index is -0.286. The molecule has 0 spiro atoms. The predicted octanol–water partition coefficient (Wildman–Crippen LogP) is 8.10. The Bertz CT molecular complexity index is 1210. The first-order valence-electron chi connectivity index (χ1n) is 9.21. The van der Waals surface area contributed by atoms with Crippen LogP contribution in [0.5, 0.6) is 5.75 Å². The number of carbonyl (C=O) groups is 1. The van der Waals surface area contributed by atoms with Crippen LogP contribution in [0.3, 0.4) is 0 Å². The van der Waals surface area contributed by atoms with Crippen LogP contribution in [0, 0.1) is 5.82 Å². The van der Waals surface area contributed by atoms with Gasteiger partial charge in [-0.2, -0.15) is 0 Å². The lowest BCUT2D eigenvalue weighted by Gasteiger charge is -2.14. The number of amides is 1. The smallest absolute Gasteiger partial charge is 0.270 e. The molecule has 0 aromatic heterocycles. The second kappa shape index (κ2) is 10.2. The van der Waals surface area contributed by atoms with Gasteiger partial charge in [0.25, 0.3) is 5.91 Å². The maximum Gasteiger partial charge on any atom is 0.270 e. The number of benzene rings is 3. The van der Waals surface area contributed by atoms with E-state index in [1.54, 1.807) is 18.2 Å². The zero-order valence-corrected chi connectivity index (χ0v) is 22.5. The fraction of sp³-hybridized carbons (Fsp3) is 0.0435. The quantitative estimate of drug-likeness (QED) is 0.205. The molecule has 0 aliphatic carbocycles. The number of anilines is 1. The number of carbonyl (C=O) groups excluding carboxylic acids is 1. The van der Waals surface area contributed by atoms with E-state index in [9.17, 15) is 9.18 Å². The molecule has 1 amide bonds. The lowest BCUT2D eigenvalue weighted by atomic mass is 10.2. The molecule has 0 N–H and O–H groups in total. The highest BCUT2D eigenvalue weighted by Crippen LogP contribution is 2.39. The molecule has 0 bridgehead atoms. The third-order valence-corrected chi connectivity index (χ3v) is 7.50. The summed E-state index contributed by atoms with van der Waals surface area (Å²) in [5.74, 6) is 0.172. The van der Waals surface area contributed by atoms with Crippen molar-refractivity contribution in [3.8, 4) is 5.75 Å². The number of nitrogens with zero attached hydrogens (tertiary/aromatic N) is 1. The first-order valence-corrected chi connectivity index (χ1v) is 12.8. The number of thioether (sulfide) groups is 1. The summed E-state index contributed by atoms with van der Waals surface area (Å²) in [5, 5.41) is 0. The summed E-state index contributed by atoms with van der Waals surface area (Å²) in [6.45, 7) is 0.294. The van der Waals surface area contributed by atoms with E-state index in [0.29, 0.717) is 21.6 Å². The molecule has 1 fully saturated rings. The molecule has 4 rings (SSSR count). The molecule has 0 radical (unpaired) electrons. The summed E-state index contributed by atoms with van der Waals surface area (Å²) >= 11 is 17.2. The van der Waals surface area contributed by atoms with E-state index < -0.39 is 0 Å². The largest absolute Gasteiger partial charge is 0.487 e. The third kappa shape index (κ3) is 5.34. The second-order valence-corrected chi connectivity index (χ2v) is 11.0. The number of hydrogen-bond donors (Lipinski definition) is 0. The Balaban J connectivity index is 1.54. The van der Waals surface area contributed by atoms with Gasteiger partial charge in [0.05, 0.1) is 19.5 Å². The van der Waals surface area contributed by atoms with Gasteiger partial charge >= 0.3 is 0 Å². The monoisotopic (exact) mass is 655 g/mol. The van der Waals surface area contributed by atoms with E-state index in [4.69, 9.17) is 17.0 Å². The predicted molar refractivity (Wildman–Crippen MR) is 142 cm³/mol. The highest BCUT2D eigenvalue weighted by molar-refractivity contribution is 9.11. The normalized spacial score (nSPS) is 15.0. The SMILES string of the molecule is O=C1/C(=C\c2cc(Br)c(OCc3ccc(F)cc3)c(Br)c2)SC(=S)N1c1ccc(Br)cc1. The van der Waals surface area contributed by atoms with Crippen molar-refractivity contribution in [3.05, 3.63) is 95.9 Å². The van der Waals surface area contributed by atoms with Crippen molar-refractivity contribution in [2.45, 2.75) is 6.61 Å². The first-order chi connectivity index (χ1) is 15.3. The van der Waals surface area contributed by atoms with Crippen molar-refractivity contribution in [3.63, 3.8) is 0 Å². The number of halogens is 4. The Morgan fingerprint density at radius 3 is 2.25 bits per heavy atom. The zero-order chi connectivity index (χ0) is 22.8. The Labute approximate surface area is 219 Å². The molecule has 1 aliphatic rings. The van der Waals surface area contributed by atoms with E-state index in [1.165, 1.54) is 28.8 Å². The highest BCUT2D eigenvalue weighted by Gasteiger charge is 2.33. The molecular weight excluding hydrogens is 645 g/mol. The van der Waals surface area contributed by atoms with Gasteiger partial charge in [-0.3, -0.25) is 9.69 Å². The fourth-order valence-electron chi connectivity index (χ4n) is 2.97. The van der Waals surface area contributed by atoms with E-state index in [1.807, 2.05) is 36.4 Å². The molecule has 0 atom stereocenters. The second-order valence-electron chi connectivity index (χ2n) is 6.72. The van der Waals surface area contributed by atoms with E-state index in [0.717, 1.165) is 30.2 Å². The van der Waals surface area contributed by atoms with Crippen LogP contribution in [0.15, 0.2) is 79.0 Å². The summed E-state index contributed by atoms with van der Waals surface area (Å²) in [7, 11) is 0. The summed E-state index contributed by atoms with van der Waals surface area (Å²) in [6.07, 6.45) is 1.80. The van der Waals surface area contributed by atoms with Crippen LogP contribution >= 0.6 is 71.8 Å². The molecule has 3 nitrogen and oxygen atoms in total. The van der Waals surface area contributed by atoms with Crippen LogP contribution in [0.4, 0.5) is 10.1 Å². The van der Waals surface area contributed by atoms with Crippen LogP contribution in [-0.2, 0) is 11.4 Å². The molecular formula is C23H13Br3FNO2S2. The van der Waals surface area contributed by atoms with Gasteiger partial charge in [-0.25, -0.2) is 4.39 Å². The van der Waals surface area contributed by atoms with Crippen LogP contribution < -0.4 is 9.64 Å². The lowest BCUT2D eigenvalue weighted by molar-refractivity contribution is -0.113.